The van der Waals surface area contributed by atoms with Gasteiger partial charge in [-0.05, 0) is 37.3 Å². The molecule has 0 aliphatic carbocycles. The Balaban J connectivity index is 1.50. The average Bonchev–Trinajstić information content (AvgIpc) is 3.38. The average molecular weight is 360 g/mol. The number of hydrogen-bond acceptors (Lipinski definition) is 5. The van der Waals surface area contributed by atoms with Crippen molar-refractivity contribution in [2.45, 2.75) is 20.0 Å². The highest BCUT2D eigenvalue weighted by molar-refractivity contribution is 5.80. The highest BCUT2D eigenvalue weighted by Gasteiger charge is 2.13. The van der Waals surface area contributed by atoms with Gasteiger partial charge in [-0.15, -0.1) is 0 Å². The Bertz CT molecular complexity index is 1320. The first-order valence-corrected chi connectivity index (χ1v) is 8.68. The molecule has 0 radical (unpaired) electrons. The normalized spacial score (nSPS) is 11.6. The highest BCUT2D eigenvalue weighted by Crippen LogP contribution is 2.22. The van der Waals surface area contributed by atoms with E-state index in [1.165, 1.54) is 0 Å². The number of hydrogen-bond donors (Lipinski definition) is 1. The minimum Gasteiger partial charge on any atom is -0.334 e. The molecular weight excluding hydrogens is 344 g/mol. The number of aryl methyl sites for hydroxylation is 1. The van der Waals surface area contributed by atoms with Crippen molar-refractivity contribution in [3.8, 4) is 11.5 Å². The van der Waals surface area contributed by atoms with E-state index >= 15 is 0 Å². The second kappa shape index (κ2) is 5.94. The second-order valence-corrected chi connectivity index (χ2v) is 6.28. The van der Waals surface area contributed by atoms with Gasteiger partial charge in [-0.25, -0.2) is 9.78 Å². The monoisotopic (exact) mass is 360 g/mol. The predicted molar refractivity (Wildman–Crippen MR) is 100 cm³/mol. The Morgan fingerprint density at radius 2 is 2.04 bits per heavy atom. The summed E-state index contributed by atoms with van der Waals surface area (Å²) in [6, 6.07) is 13.5. The van der Waals surface area contributed by atoms with Crippen molar-refractivity contribution in [1.82, 2.24) is 29.2 Å². The first-order chi connectivity index (χ1) is 13.2. The van der Waals surface area contributed by atoms with Gasteiger partial charge in [0.25, 0.3) is 5.89 Å². The van der Waals surface area contributed by atoms with Gasteiger partial charge in [0, 0.05) is 12.1 Å². The molecule has 0 unspecified atom stereocenters. The minimum absolute atomic E-state index is 0.122. The van der Waals surface area contributed by atoms with E-state index in [-0.39, 0.29) is 5.69 Å². The summed E-state index contributed by atoms with van der Waals surface area (Å²) in [5.74, 6) is 0.989. The maximum Gasteiger partial charge on any atom is 0.326 e. The fourth-order valence-electron chi connectivity index (χ4n) is 3.32. The van der Waals surface area contributed by atoms with Gasteiger partial charge in [-0.2, -0.15) is 4.98 Å². The Morgan fingerprint density at radius 1 is 1.15 bits per heavy atom. The summed E-state index contributed by atoms with van der Waals surface area (Å²) in [6.07, 6.45) is 1.77. The Labute approximate surface area is 153 Å². The third-order valence-corrected chi connectivity index (χ3v) is 4.65. The molecule has 0 aliphatic rings. The molecule has 5 aromatic rings. The number of H-pyrrole nitrogens is 1. The quantitative estimate of drug-likeness (QED) is 0.532. The third-order valence-electron chi connectivity index (χ3n) is 4.65. The van der Waals surface area contributed by atoms with Gasteiger partial charge >= 0.3 is 5.69 Å². The summed E-state index contributed by atoms with van der Waals surface area (Å²) >= 11 is 0. The van der Waals surface area contributed by atoms with E-state index in [2.05, 4.69) is 20.1 Å². The molecule has 0 atom stereocenters. The van der Waals surface area contributed by atoms with Crippen LogP contribution in [0.1, 0.15) is 12.7 Å². The Morgan fingerprint density at radius 3 is 2.93 bits per heavy atom. The van der Waals surface area contributed by atoms with Crippen LogP contribution in [0.15, 0.2) is 58.1 Å². The van der Waals surface area contributed by atoms with Gasteiger partial charge in [-0.1, -0.05) is 17.3 Å². The van der Waals surface area contributed by atoms with Crippen LogP contribution in [0.25, 0.3) is 33.5 Å². The molecule has 0 spiro atoms. The van der Waals surface area contributed by atoms with E-state index in [1.807, 2.05) is 54.0 Å². The molecule has 3 aromatic heterocycles. The Hall–Kier alpha value is -3.68. The molecule has 1 N–H and O–H groups in total. The van der Waals surface area contributed by atoms with Crippen molar-refractivity contribution in [2.24, 2.45) is 0 Å². The fraction of sp³-hybridized carbons (Fsp3) is 0.158. The summed E-state index contributed by atoms with van der Waals surface area (Å²) in [5.41, 5.74) is 4.21. The van der Waals surface area contributed by atoms with Gasteiger partial charge in [0.1, 0.15) is 0 Å². The number of rotatable bonds is 4. The standard InChI is InChI=1S/C19H16N6O2/c1-2-25-16-9-12(7-8-14(16)21-19(25)26)18-22-17(23-27-18)10-24-11-20-13-5-3-4-6-15(13)24/h3-9,11H,2,10H2,1H3,(H,21,26). The smallest absolute Gasteiger partial charge is 0.326 e. The molecule has 8 heteroatoms. The van der Waals surface area contributed by atoms with E-state index in [4.69, 9.17) is 4.52 Å². The zero-order valence-electron chi connectivity index (χ0n) is 14.6. The van der Waals surface area contributed by atoms with Crippen molar-refractivity contribution in [3.05, 3.63) is 65.1 Å². The SMILES string of the molecule is CCn1c(=O)[nH]c2ccc(-c3nc(Cn4cnc5ccccc54)no3)cc21. The van der Waals surface area contributed by atoms with E-state index in [0.717, 1.165) is 27.6 Å². The maximum atomic E-state index is 12.0. The molecule has 0 bridgehead atoms. The lowest BCUT2D eigenvalue weighted by Crippen LogP contribution is -2.14. The summed E-state index contributed by atoms with van der Waals surface area (Å²) < 4.78 is 9.10. The van der Waals surface area contributed by atoms with Gasteiger partial charge < -0.3 is 14.1 Å². The molecule has 0 saturated heterocycles. The Kier molecular flexibility index (Phi) is 3.43. The van der Waals surface area contributed by atoms with E-state index in [1.54, 1.807) is 10.9 Å². The van der Waals surface area contributed by atoms with Crippen LogP contribution in [0.4, 0.5) is 0 Å². The van der Waals surface area contributed by atoms with Crippen LogP contribution in [0.5, 0.6) is 0 Å². The number of fused-ring (bicyclic) bond motifs is 2. The van der Waals surface area contributed by atoms with Crippen molar-refractivity contribution in [2.75, 3.05) is 0 Å². The molecule has 0 aliphatic heterocycles. The van der Waals surface area contributed by atoms with Crippen LogP contribution in [-0.2, 0) is 13.1 Å². The van der Waals surface area contributed by atoms with Crippen LogP contribution in [0.3, 0.4) is 0 Å². The fourth-order valence-corrected chi connectivity index (χ4v) is 3.32. The first-order valence-electron chi connectivity index (χ1n) is 8.68. The van der Waals surface area contributed by atoms with E-state index in [9.17, 15) is 4.79 Å². The zero-order chi connectivity index (χ0) is 18.4. The molecule has 2 aromatic carbocycles. The number of nitrogens with one attached hydrogen (secondary N) is 1. The third kappa shape index (κ3) is 2.53. The number of aromatic nitrogens is 6. The molecule has 3 heterocycles. The van der Waals surface area contributed by atoms with Gasteiger partial charge in [0.15, 0.2) is 5.82 Å². The van der Waals surface area contributed by atoms with Gasteiger partial charge in [0.2, 0.25) is 0 Å². The molecular formula is C19H16N6O2. The summed E-state index contributed by atoms with van der Waals surface area (Å²) in [6.45, 7) is 2.99. The second-order valence-electron chi connectivity index (χ2n) is 6.28. The molecule has 0 saturated carbocycles. The van der Waals surface area contributed by atoms with E-state index in [0.29, 0.717) is 24.8 Å². The van der Waals surface area contributed by atoms with Crippen LogP contribution in [-0.4, -0.2) is 29.2 Å². The van der Waals surface area contributed by atoms with Crippen LogP contribution in [0, 0.1) is 0 Å². The largest absolute Gasteiger partial charge is 0.334 e. The number of nitrogens with zero attached hydrogens (tertiary/aromatic N) is 5. The van der Waals surface area contributed by atoms with Gasteiger partial charge in [0.05, 0.1) is 34.9 Å². The number of aromatic amines is 1. The first kappa shape index (κ1) is 15.6. The lowest BCUT2D eigenvalue weighted by atomic mass is 10.2. The van der Waals surface area contributed by atoms with Crippen molar-refractivity contribution in [1.29, 1.82) is 0 Å². The molecule has 27 heavy (non-hydrogen) atoms. The number of imidazole rings is 2. The number of benzene rings is 2. The van der Waals surface area contributed by atoms with Crippen molar-refractivity contribution < 1.29 is 4.52 Å². The molecule has 5 rings (SSSR count). The molecule has 0 amide bonds. The summed E-state index contributed by atoms with van der Waals surface area (Å²) in [5, 5.41) is 4.09. The molecule has 0 fully saturated rings. The van der Waals surface area contributed by atoms with Crippen molar-refractivity contribution >= 4 is 22.1 Å². The lowest BCUT2D eigenvalue weighted by Gasteiger charge is -2.00. The maximum absolute atomic E-state index is 12.0. The van der Waals surface area contributed by atoms with Crippen molar-refractivity contribution in [3.63, 3.8) is 0 Å². The molecule has 8 nitrogen and oxygen atoms in total. The summed E-state index contributed by atoms with van der Waals surface area (Å²) in [4.78, 5) is 23.7. The van der Waals surface area contributed by atoms with Crippen LogP contribution >= 0.6 is 0 Å². The summed E-state index contributed by atoms with van der Waals surface area (Å²) in [7, 11) is 0. The lowest BCUT2D eigenvalue weighted by molar-refractivity contribution is 0.421. The zero-order valence-corrected chi connectivity index (χ0v) is 14.6. The topological polar surface area (TPSA) is 94.5 Å². The number of para-hydroxylation sites is 2. The minimum atomic E-state index is -0.122. The van der Waals surface area contributed by atoms with E-state index < -0.39 is 0 Å². The van der Waals surface area contributed by atoms with Crippen LogP contribution < -0.4 is 5.69 Å². The predicted octanol–water partition coefficient (Wildman–Crippen LogP) is 2.80. The molecule has 134 valence electrons. The van der Waals surface area contributed by atoms with Gasteiger partial charge in [-0.3, -0.25) is 4.57 Å². The highest BCUT2D eigenvalue weighted by atomic mass is 16.5. The van der Waals surface area contributed by atoms with Crippen LogP contribution in [0.2, 0.25) is 0 Å².